The van der Waals surface area contributed by atoms with Crippen LogP contribution in [-0.4, -0.2) is 101 Å². The van der Waals surface area contributed by atoms with Crippen LogP contribution in [0.1, 0.15) is 17.3 Å². The normalized spacial score (nSPS) is 13.3. The molecule has 0 bridgehead atoms. The SMILES string of the molecule is CCN1CCN(CC(=O)Nc2cccc(S(=O)(=O)Nc3nc4ccccc4nc3Nc3cc(OC)cc(OC)c3)c2)CC1.COc1ccc(C(N)=O)cc1. The van der Waals surface area contributed by atoms with Crippen LogP contribution in [0, 0.1) is 0 Å². The summed E-state index contributed by atoms with van der Waals surface area (Å²) >= 11 is 0. The number of para-hydroxylation sites is 2. The van der Waals surface area contributed by atoms with Crippen LogP contribution in [-0.2, 0) is 14.8 Å². The van der Waals surface area contributed by atoms with Crippen LogP contribution in [0.2, 0.25) is 0 Å². The Morgan fingerprint density at radius 3 is 1.89 bits per heavy atom. The van der Waals surface area contributed by atoms with E-state index in [9.17, 15) is 18.0 Å². The van der Waals surface area contributed by atoms with E-state index in [1.165, 1.54) is 26.4 Å². The minimum Gasteiger partial charge on any atom is -0.497 e. The lowest BCUT2D eigenvalue weighted by Gasteiger charge is -2.33. The largest absolute Gasteiger partial charge is 0.497 e. The highest BCUT2D eigenvalue weighted by molar-refractivity contribution is 7.92. The number of aromatic nitrogens is 2. The summed E-state index contributed by atoms with van der Waals surface area (Å²) in [5.41, 5.74) is 7.54. The van der Waals surface area contributed by atoms with Crippen LogP contribution in [0.25, 0.3) is 11.0 Å². The Balaban J connectivity index is 0.000000438. The van der Waals surface area contributed by atoms with E-state index in [1.54, 1.807) is 79.9 Å². The number of ether oxygens (including phenoxy) is 3. The van der Waals surface area contributed by atoms with Gasteiger partial charge in [-0.05, 0) is 61.1 Å². The number of methoxy groups -OCH3 is 3. The number of piperazine rings is 1. The molecule has 6 rings (SSSR count). The molecular weight excluding hydrogens is 713 g/mol. The Labute approximate surface area is 314 Å². The van der Waals surface area contributed by atoms with Gasteiger partial charge in [0.25, 0.3) is 10.0 Å². The molecule has 2 amide bonds. The Bertz CT molecular complexity index is 2150. The molecule has 4 aromatic carbocycles. The summed E-state index contributed by atoms with van der Waals surface area (Å²) in [7, 11) is 0.522. The van der Waals surface area contributed by atoms with Crippen molar-refractivity contribution in [3.63, 3.8) is 0 Å². The summed E-state index contributed by atoms with van der Waals surface area (Å²) in [5.74, 6) is 1.36. The van der Waals surface area contributed by atoms with Gasteiger partial charge in [0.05, 0.1) is 43.8 Å². The van der Waals surface area contributed by atoms with E-state index in [-0.39, 0.29) is 29.0 Å². The number of benzene rings is 4. The number of carbonyl (C=O) groups is 2. The molecular formula is C38H44N8O7S. The quantitative estimate of drug-likeness (QED) is 0.131. The summed E-state index contributed by atoms with van der Waals surface area (Å²) in [5, 5.41) is 5.98. The van der Waals surface area contributed by atoms with Crippen molar-refractivity contribution in [2.75, 3.05) is 76.0 Å². The lowest BCUT2D eigenvalue weighted by molar-refractivity contribution is -0.117. The first-order valence-electron chi connectivity index (χ1n) is 17.1. The predicted molar refractivity (Wildman–Crippen MR) is 208 cm³/mol. The maximum absolute atomic E-state index is 13.6. The number of primary amides is 1. The molecule has 1 fully saturated rings. The third-order valence-electron chi connectivity index (χ3n) is 8.50. The van der Waals surface area contributed by atoms with Crippen molar-refractivity contribution in [1.29, 1.82) is 0 Å². The zero-order valence-corrected chi connectivity index (χ0v) is 31.4. The Morgan fingerprint density at radius 1 is 0.722 bits per heavy atom. The number of nitrogens with zero attached hydrogens (tertiary/aromatic N) is 4. The standard InChI is InChI=1S/C30H35N7O5S.C8H9NO2/c1-4-36-12-14-37(15-13-36)20-28(38)31-21-8-7-9-25(18-21)43(39,40)35-30-29(33-26-10-5-6-11-27(26)34-30)32-22-16-23(41-2)19-24(17-22)42-3;1-11-7-4-2-6(3-5-7)8(9)10/h5-11,16-19H,4,12-15,20H2,1-3H3,(H,31,38)(H,32,33)(H,34,35);2-5H,1H3,(H2,9,10). The van der Waals surface area contributed by atoms with E-state index < -0.39 is 15.9 Å². The monoisotopic (exact) mass is 756 g/mol. The molecule has 1 aromatic heterocycles. The summed E-state index contributed by atoms with van der Waals surface area (Å²) in [6, 6.07) is 25.1. The van der Waals surface area contributed by atoms with Gasteiger partial charge in [-0.15, -0.1) is 0 Å². The Hall–Kier alpha value is -5.97. The number of hydrogen-bond acceptors (Lipinski definition) is 12. The molecule has 0 aliphatic carbocycles. The summed E-state index contributed by atoms with van der Waals surface area (Å²) in [4.78, 5) is 36.9. The number of hydrogen-bond donors (Lipinski definition) is 4. The van der Waals surface area contributed by atoms with Crippen molar-refractivity contribution in [1.82, 2.24) is 19.8 Å². The smallest absolute Gasteiger partial charge is 0.263 e. The van der Waals surface area contributed by atoms with Crippen LogP contribution >= 0.6 is 0 Å². The molecule has 5 N–H and O–H groups in total. The van der Waals surface area contributed by atoms with Gasteiger partial charge in [-0.2, -0.15) is 0 Å². The second-order valence-electron chi connectivity index (χ2n) is 12.1. The fourth-order valence-electron chi connectivity index (χ4n) is 5.52. The van der Waals surface area contributed by atoms with Gasteiger partial charge in [0.2, 0.25) is 11.8 Å². The van der Waals surface area contributed by atoms with Crippen molar-refractivity contribution in [2.45, 2.75) is 11.8 Å². The molecule has 15 nitrogen and oxygen atoms in total. The Morgan fingerprint density at radius 2 is 1.31 bits per heavy atom. The average molecular weight is 757 g/mol. The molecule has 16 heteroatoms. The molecule has 0 radical (unpaired) electrons. The van der Waals surface area contributed by atoms with Crippen molar-refractivity contribution in [3.05, 3.63) is 96.6 Å². The first kappa shape index (κ1) is 39.2. The van der Waals surface area contributed by atoms with Gasteiger partial charge in [-0.1, -0.05) is 25.1 Å². The molecule has 5 aromatic rings. The third kappa shape index (κ3) is 10.6. The van der Waals surface area contributed by atoms with E-state index in [1.807, 2.05) is 6.07 Å². The van der Waals surface area contributed by atoms with E-state index in [0.717, 1.165) is 38.5 Å². The number of nitrogens with one attached hydrogen (secondary N) is 3. The van der Waals surface area contributed by atoms with Crippen LogP contribution in [0.5, 0.6) is 17.2 Å². The van der Waals surface area contributed by atoms with E-state index >= 15 is 0 Å². The van der Waals surface area contributed by atoms with Crippen LogP contribution in [0.3, 0.4) is 0 Å². The molecule has 0 spiro atoms. The van der Waals surface area contributed by atoms with E-state index in [0.29, 0.717) is 39.5 Å². The van der Waals surface area contributed by atoms with Crippen molar-refractivity contribution >= 4 is 55.9 Å². The van der Waals surface area contributed by atoms with Crippen LogP contribution in [0.4, 0.5) is 23.0 Å². The van der Waals surface area contributed by atoms with Gasteiger partial charge < -0.3 is 35.5 Å². The van der Waals surface area contributed by atoms with E-state index in [2.05, 4.69) is 42.0 Å². The minimum absolute atomic E-state index is 0.00106. The van der Waals surface area contributed by atoms with Gasteiger partial charge in [-0.3, -0.25) is 19.2 Å². The highest BCUT2D eigenvalue weighted by atomic mass is 32.2. The number of fused-ring (bicyclic) bond motifs is 1. The topological polar surface area (TPSA) is 190 Å². The number of likely N-dealkylation sites (N-methyl/N-ethyl adjacent to an activating group) is 1. The Kier molecular flexibility index (Phi) is 13.2. The number of anilines is 4. The summed E-state index contributed by atoms with van der Waals surface area (Å²) in [6.07, 6.45) is 0. The first-order chi connectivity index (χ1) is 26.0. The molecule has 0 atom stereocenters. The van der Waals surface area contributed by atoms with Gasteiger partial charge in [0.15, 0.2) is 11.6 Å². The van der Waals surface area contributed by atoms with Crippen molar-refractivity contribution in [2.24, 2.45) is 5.73 Å². The summed E-state index contributed by atoms with van der Waals surface area (Å²) < 4.78 is 45.4. The van der Waals surface area contributed by atoms with Crippen LogP contribution in [0.15, 0.2) is 95.9 Å². The lowest BCUT2D eigenvalue weighted by Crippen LogP contribution is -2.48. The third-order valence-corrected chi connectivity index (χ3v) is 9.83. The molecule has 284 valence electrons. The average Bonchev–Trinajstić information content (AvgIpc) is 3.18. The van der Waals surface area contributed by atoms with Gasteiger partial charge in [-0.25, -0.2) is 18.4 Å². The maximum atomic E-state index is 13.6. The molecule has 54 heavy (non-hydrogen) atoms. The first-order valence-corrected chi connectivity index (χ1v) is 18.6. The number of sulfonamides is 1. The molecule has 2 heterocycles. The number of rotatable bonds is 13. The second-order valence-corrected chi connectivity index (χ2v) is 13.8. The molecule has 1 aliphatic rings. The van der Waals surface area contributed by atoms with Gasteiger partial charge in [0.1, 0.15) is 17.2 Å². The highest BCUT2D eigenvalue weighted by Crippen LogP contribution is 2.31. The fraction of sp³-hybridized carbons (Fsp3) is 0.263. The lowest BCUT2D eigenvalue weighted by atomic mass is 10.2. The zero-order chi connectivity index (χ0) is 38.7. The minimum atomic E-state index is -4.13. The van der Waals surface area contributed by atoms with E-state index in [4.69, 9.17) is 19.9 Å². The maximum Gasteiger partial charge on any atom is 0.263 e. The summed E-state index contributed by atoms with van der Waals surface area (Å²) in [6.45, 7) is 6.82. The molecule has 0 unspecified atom stereocenters. The van der Waals surface area contributed by atoms with Crippen molar-refractivity contribution < 1.29 is 32.2 Å². The molecule has 1 saturated heterocycles. The van der Waals surface area contributed by atoms with Gasteiger partial charge in [0, 0.05) is 61.3 Å². The fourth-order valence-corrected chi connectivity index (χ4v) is 6.58. The van der Waals surface area contributed by atoms with Crippen molar-refractivity contribution in [3.8, 4) is 17.2 Å². The zero-order valence-electron chi connectivity index (χ0n) is 30.5. The highest BCUT2D eigenvalue weighted by Gasteiger charge is 2.22. The molecule has 1 aliphatic heterocycles. The predicted octanol–water partition coefficient (Wildman–Crippen LogP) is 4.56. The number of amides is 2. The van der Waals surface area contributed by atoms with Crippen LogP contribution < -0.4 is 35.3 Å². The molecule has 0 saturated carbocycles. The number of nitrogens with two attached hydrogens (primary N) is 1. The number of carbonyl (C=O) groups excluding carboxylic acids is 2. The van der Waals surface area contributed by atoms with Gasteiger partial charge >= 0.3 is 0 Å². The second kappa shape index (κ2) is 18.2.